The van der Waals surface area contributed by atoms with Crippen LogP contribution < -0.4 is 15.4 Å². The van der Waals surface area contributed by atoms with Crippen LogP contribution in [0.1, 0.15) is 25.3 Å². The number of non-ortho nitro benzene ring substituents is 1. The first-order valence-electron chi connectivity index (χ1n) is 13.7. The highest BCUT2D eigenvalue weighted by Gasteiger charge is 2.36. The lowest BCUT2D eigenvalue weighted by atomic mass is 9.90. The van der Waals surface area contributed by atoms with Gasteiger partial charge in [-0.1, -0.05) is 48.5 Å². The molecule has 2 unspecified atom stereocenters. The summed E-state index contributed by atoms with van der Waals surface area (Å²) in [5, 5.41) is 29.7. The maximum atomic E-state index is 12.7. The minimum atomic E-state index is -1.05. The molecule has 0 amide bonds. The predicted octanol–water partition coefficient (Wildman–Crippen LogP) is 4.86. The predicted molar refractivity (Wildman–Crippen MR) is 159 cm³/mol. The van der Waals surface area contributed by atoms with E-state index in [1.807, 2.05) is 42.5 Å². The first kappa shape index (κ1) is 31.8. The van der Waals surface area contributed by atoms with Crippen molar-refractivity contribution in [1.29, 1.82) is 0 Å². The van der Waals surface area contributed by atoms with Gasteiger partial charge in [0.25, 0.3) is 5.69 Å². The normalized spacial score (nSPS) is 15.3. The summed E-state index contributed by atoms with van der Waals surface area (Å²) in [6, 6.07) is 19.2. The van der Waals surface area contributed by atoms with Crippen molar-refractivity contribution in [3.8, 4) is 5.75 Å². The lowest BCUT2D eigenvalue weighted by molar-refractivity contribution is -0.384. The zero-order chi connectivity index (χ0) is 31.6. The Bertz CT molecular complexity index is 1580. The number of nitro groups is 1. The van der Waals surface area contributed by atoms with Gasteiger partial charge in [0.1, 0.15) is 42.5 Å². The number of nitrogens with one attached hydrogen (secondary N) is 2. The molecule has 4 rings (SSSR count). The molecule has 0 fully saturated rings. The highest BCUT2D eigenvalue weighted by Crippen LogP contribution is 2.40. The zero-order valence-corrected chi connectivity index (χ0v) is 24.4. The minimum absolute atomic E-state index is 0.0222. The highest BCUT2D eigenvalue weighted by atomic mass is 16.7. The Balaban J connectivity index is 1.32. The van der Waals surface area contributed by atoms with Crippen molar-refractivity contribution in [3.63, 3.8) is 0 Å². The SMILES string of the molecule is COC(=O)OC1=C(C)NC(C)=C(OC(=O)OCCNCC(O)COc2cccc3ccccc23)C1c1cccc([N+](=O)[O-])c1. The molecule has 1 heterocycles. The average molecular weight is 608 g/mol. The van der Waals surface area contributed by atoms with Crippen LogP contribution in [0.15, 0.2) is 89.6 Å². The van der Waals surface area contributed by atoms with Crippen LogP contribution in [-0.2, 0) is 18.9 Å². The monoisotopic (exact) mass is 607 g/mol. The Hall–Kier alpha value is -5.14. The number of methoxy groups -OCH3 is 1. The van der Waals surface area contributed by atoms with Crippen molar-refractivity contribution in [2.24, 2.45) is 0 Å². The zero-order valence-electron chi connectivity index (χ0n) is 24.4. The molecule has 3 N–H and O–H groups in total. The largest absolute Gasteiger partial charge is 0.513 e. The number of aliphatic hydroxyl groups is 1. The summed E-state index contributed by atoms with van der Waals surface area (Å²) in [6.07, 6.45) is -2.88. The molecule has 44 heavy (non-hydrogen) atoms. The first-order valence-corrected chi connectivity index (χ1v) is 13.7. The number of fused-ring (bicyclic) bond motifs is 1. The summed E-state index contributed by atoms with van der Waals surface area (Å²) in [5.74, 6) is -0.275. The molecule has 3 aromatic carbocycles. The fraction of sp³-hybridized carbons (Fsp3) is 0.290. The summed E-state index contributed by atoms with van der Waals surface area (Å²) in [7, 11) is 1.14. The molecule has 13 nitrogen and oxygen atoms in total. The Kier molecular flexibility index (Phi) is 10.7. The van der Waals surface area contributed by atoms with Gasteiger partial charge in [0, 0.05) is 30.6 Å². The number of allylic oxidation sites excluding steroid dienone is 2. The standard InChI is InChI=1S/C31H33N3O10/c1-19-28(43-30(36)40-3)27(22-10-6-11-23(16-22)34(38)39)29(20(2)33-19)44-31(37)41-15-14-32-17-24(35)18-42-26-13-7-9-21-8-4-5-12-25(21)26/h4-13,16,24,27,32-33,35H,14-15,17-18H2,1-3H3. The van der Waals surface area contributed by atoms with Gasteiger partial charge in [-0.25, -0.2) is 9.59 Å². The molecule has 0 radical (unpaired) electrons. The number of dihydropyridines is 1. The lowest BCUT2D eigenvalue weighted by Crippen LogP contribution is -2.34. The molecule has 3 aromatic rings. The van der Waals surface area contributed by atoms with Crippen LogP contribution in [-0.4, -0.2) is 61.9 Å². The van der Waals surface area contributed by atoms with Gasteiger partial charge in [0.15, 0.2) is 0 Å². The molecular weight excluding hydrogens is 574 g/mol. The second kappa shape index (κ2) is 14.8. The van der Waals surface area contributed by atoms with Crippen molar-refractivity contribution in [1.82, 2.24) is 10.6 Å². The first-order chi connectivity index (χ1) is 21.2. The molecule has 13 heteroatoms. The second-order valence-electron chi connectivity index (χ2n) is 9.79. The number of aliphatic hydroxyl groups excluding tert-OH is 1. The highest BCUT2D eigenvalue weighted by molar-refractivity contribution is 5.88. The summed E-state index contributed by atoms with van der Waals surface area (Å²) in [6.45, 7) is 3.64. The smallest absolute Gasteiger partial charge is 0.490 e. The molecule has 0 bridgehead atoms. The molecule has 0 aliphatic carbocycles. The summed E-state index contributed by atoms with van der Waals surface area (Å²) < 4.78 is 26.5. The average Bonchev–Trinajstić information content (AvgIpc) is 3.02. The van der Waals surface area contributed by atoms with Gasteiger partial charge in [-0.15, -0.1) is 0 Å². The molecule has 1 aliphatic rings. The van der Waals surface area contributed by atoms with E-state index in [4.69, 9.17) is 18.9 Å². The van der Waals surface area contributed by atoms with Crippen LogP contribution in [0.2, 0.25) is 0 Å². The number of rotatable bonds is 12. The summed E-state index contributed by atoms with van der Waals surface area (Å²) >= 11 is 0. The maximum Gasteiger partial charge on any atom is 0.513 e. The van der Waals surface area contributed by atoms with Crippen molar-refractivity contribution < 1.29 is 43.3 Å². The van der Waals surface area contributed by atoms with E-state index in [2.05, 4.69) is 15.4 Å². The van der Waals surface area contributed by atoms with Gasteiger partial charge >= 0.3 is 12.3 Å². The molecule has 0 spiro atoms. The van der Waals surface area contributed by atoms with Crippen molar-refractivity contribution in [3.05, 3.63) is 105 Å². The Labute approximate surface area is 253 Å². The summed E-state index contributed by atoms with van der Waals surface area (Å²) in [5.41, 5.74) is 0.951. The maximum absolute atomic E-state index is 12.7. The molecule has 232 valence electrons. The van der Waals surface area contributed by atoms with E-state index in [0.717, 1.165) is 17.9 Å². The van der Waals surface area contributed by atoms with E-state index in [9.17, 15) is 24.8 Å². The van der Waals surface area contributed by atoms with Crippen LogP contribution in [0, 0.1) is 10.1 Å². The number of nitrogens with zero attached hydrogens (tertiary/aromatic N) is 1. The van der Waals surface area contributed by atoms with Crippen molar-refractivity contribution in [2.45, 2.75) is 25.9 Å². The molecular formula is C31H33N3O10. The van der Waals surface area contributed by atoms with Gasteiger partial charge in [0.05, 0.1) is 23.4 Å². The third-order valence-electron chi connectivity index (χ3n) is 6.67. The Morgan fingerprint density at radius 1 is 1.00 bits per heavy atom. The van der Waals surface area contributed by atoms with Crippen LogP contribution in [0.3, 0.4) is 0 Å². The van der Waals surface area contributed by atoms with Crippen molar-refractivity contribution >= 4 is 28.8 Å². The minimum Gasteiger partial charge on any atom is -0.490 e. The van der Waals surface area contributed by atoms with E-state index in [0.29, 0.717) is 22.7 Å². The van der Waals surface area contributed by atoms with E-state index in [1.54, 1.807) is 19.9 Å². The van der Waals surface area contributed by atoms with Crippen LogP contribution in [0.4, 0.5) is 15.3 Å². The second-order valence-corrected chi connectivity index (χ2v) is 9.79. The van der Waals surface area contributed by atoms with Crippen LogP contribution in [0.25, 0.3) is 10.8 Å². The van der Waals surface area contributed by atoms with Gasteiger partial charge in [-0.2, -0.15) is 0 Å². The quantitative estimate of drug-likeness (QED) is 0.111. The number of ether oxygens (including phenoxy) is 5. The van der Waals surface area contributed by atoms with Gasteiger partial charge in [0.2, 0.25) is 0 Å². The number of nitro benzene ring substituents is 1. The fourth-order valence-corrected chi connectivity index (χ4v) is 4.64. The molecule has 2 atom stereocenters. The molecule has 1 aliphatic heterocycles. The summed E-state index contributed by atoms with van der Waals surface area (Å²) in [4.78, 5) is 35.5. The Morgan fingerprint density at radius 2 is 1.68 bits per heavy atom. The lowest BCUT2D eigenvalue weighted by Gasteiger charge is -2.30. The number of carbonyl (C=O) groups excluding carboxylic acids is 2. The number of hydrogen-bond donors (Lipinski definition) is 3. The van der Waals surface area contributed by atoms with E-state index in [-0.39, 0.29) is 43.5 Å². The van der Waals surface area contributed by atoms with Gasteiger partial charge in [-0.05, 0) is 30.9 Å². The van der Waals surface area contributed by atoms with Gasteiger partial charge in [-0.3, -0.25) is 10.1 Å². The number of hydrogen-bond acceptors (Lipinski definition) is 12. The van der Waals surface area contributed by atoms with Crippen LogP contribution >= 0.6 is 0 Å². The number of carbonyl (C=O) groups is 2. The number of benzene rings is 3. The van der Waals surface area contributed by atoms with Crippen molar-refractivity contribution in [2.75, 3.05) is 33.4 Å². The fourth-order valence-electron chi connectivity index (χ4n) is 4.64. The Morgan fingerprint density at radius 3 is 2.41 bits per heavy atom. The van der Waals surface area contributed by atoms with E-state index >= 15 is 0 Å². The molecule has 0 aromatic heterocycles. The third kappa shape index (κ3) is 8.02. The topological polar surface area (TPSA) is 168 Å². The van der Waals surface area contributed by atoms with E-state index in [1.165, 1.54) is 18.2 Å². The molecule has 0 saturated carbocycles. The van der Waals surface area contributed by atoms with E-state index < -0.39 is 29.3 Å². The van der Waals surface area contributed by atoms with Crippen LogP contribution in [0.5, 0.6) is 5.75 Å². The van der Waals surface area contributed by atoms with Gasteiger partial charge < -0.3 is 39.4 Å². The molecule has 0 saturated heterocycles. The third-order valence-corrected chi connectivity index (χ3v) is 6.67.